The molecule has 0 radical (unpaired) electrons. The highest BCUT2D eigenvalue weighted by molar-refractivity contribution is 7.09. The summed E-state index contributed by atoms with van der Waals surface area (Å²) in [7, 11) is 5.01. The van der Waals surface area contributed by atoms with E-state index in [0.717, 1.165) is 55.5 Å². The van der Waals surface area contributed by atoms with Gasteiger partial charge in [0.1, 0.15) is 41.2 Å². The van der Waals surface area contributed by atoms with Gasteiger partial charge in [-0.25, -0.2) is 19.4 Å². The molecule has 0 saturated carbocycles. The van der Waals surface area contributed by atoms with Gasteiger partial charge in [-0.2, -0.15) is 0 Å². The second-order valence-corrected chi connectivity index (χ2v) is 29.3. The van der Waals surface area contributed by atoms with E-state index < -0.39 is 78.0 Å². The number of amides is 11. The lowest BCUT2D eigenvalue weighted by Gasteiger charge is -2.40. The number of ether oxygens (including phenoxy) is 3. The first-order valence-corrected chi connectivity index (χ1v) is 37.9. The number of rotatable bonds is 45. The zero-order valence-electron chi connectivity index (χ0n) is 63.4. The number of urea groups is 1. The molecule has 105 heavy (non-hydrogen) atoms. The van der Waals surface area contributed by atoms with Gasteiger partial charge in [0.05, 0.1) is 12.0 Å². The number of benzene rings is 2. The van der Waals surface area contributed by atoms with Crippen LogP contribution in [0, 0.1) is 29.6 Å². The Labute approximate surface area is 622 Å². The number of anilines is 1. The molecule has 2 aliphatic rings. The Morgan fingerprint density at radius 3 is 2.04 bits per heavy atom. The highest BCUT2D eigenvalue weighted by Crippen LogP contribution is 2.34. The van der Waals surface area contributed by atoms with E-state index in [0.29, 0.717) is 55.1 Å². The highest BCUT2D eigenvalue weighted by Gasteiger charge is 2.39. The number of unbranched alkanes of at least 4 members (excludes halogenated alkanes) is 2. The van der Waals surface area contributed by atoms with E-state index in [1.165, 1.54) is 47.4 Å². The topological polar surface area (TPSA) is 368 Å². The van der Waals surface area contributed by atoms with Gasteiger partial charge in [0.2, 0.25) is 23.6 Å². The van der Waals surface area contributed by atoms with Crippen molar-refractivity contribution in [3.05, 3.63) is 87.9 Å². The van der Waals surface area contributed by atoms with Crippen molar-refractivity contribution < 1.29 is 76.9 Å². The normalized spacial score (nSPS) is 16.1. The van der Waals surface area contributed by atoms with Crippen molar-refractivity contribution in [2.45, 2.75) is 208 Å². The summed E-state index contributed by atoms with van der Waals surface area (Å²) in [4.78, 5) is 170. The van der Waals surface area contributed by atoms with Crippen molar-refractivity contribution in [3.63, 3.8) is 0 Å². The number of nitrogens with zero attached hydrogens (tertiary/aromatic N) is 6. The summed E-state index contributed by atoms with van der Waals surface area (Å²) in [6.45, 7) is 19.6. The van der Waals surface area contributed by atoms with E-state index in [4.69, 9.17) is 24.9 Å². The second-order valence-electron chi connectivity index (χ2n) is 28.4. The third-order valence-electron chi connectivity index (χ3n) is 19.2. The summed E-state index contributed by atoms with van der Waals surface area (Å²) >= 11 is 1.29. The highest BCUT2D eigenvalue weighted by atomic mass is 32.1. The van der Waals surface area contributed by atoms with E-state index in [-0.39, 0.29) is 142 Å². The van der Waals surface area contributed by atoms with Crippen LogP contribution in [0.25, 0.3) is 0 Å². The maximum Gasteiger partial charge on any atom is 0.415 e. The van der Waals surface area contributed by atoms with E-state index >= 15 is 0 Å². The van der Waals surface area contributed by atoms with Crippen LogP contribution in [0.1, 0.15) is 191 Å². The molecule has 2 aromatic carbocycles. The number of carbonyl (C=O) groups is 12. The lowest BCUT2D eigenvalue weighted by atomic mass is 9.82. The molecule has 28 nitrogen and oxygen atoms in total. The predicted molar refractivity (Wildman–Crippen MR) is 398 cm³/mol. The number of primary amides is 1. The van der Waals surface area contributed by atoms with Crippen LogP contribution in [0.3, 0.4) is 0 Å². The Kier molecular flexibility index (Phi) is 36.5. The van der Waals surface area contributed by atoms with Crippen LogP contribution in [-0.4, -0.2) is 203 Å². The number of piperidine rings is 1. The molecule has 9 atom stereocenters. The molecule has 8 N–H and O–H groups in total. The monoisotopic (exact) mass is 1480 g/mol. The van der Waals surface area contributed by atoms with E-state index in [9.17, 15) is 62.6 Å². The number of ketones is 1. The van der Waals surface area contributed by atoms with Crippen LogP contribution in [0.4, 0.5) is 20.1 Å². The SMILES string of the molecule is CCCO[C@H](C[C@H](C(C)C)N(CCC)C(=O)[C@@H](CC(=O)[C@H]1CCCCN1C)[C@@H](C)CC)c1nc(C(=O)N[C@@H](Cc2ccc(OC(=O)N(C)CCN(C)C(=O)OCc3ccc(NC(=O)[C@@H](CCCNC(N)=O)NC(=O)[C@H](NC(=O)CCCCCN4C(=O)C=CC4=O)C(C)C)cc3)cc2)C[C@H](C)C(=O)O)cs1. The van der Waals surface area contributed by atoms with Gasteiger partial charge in [-0.1, -0.05) is 106 Å². The number of aromatic nitrogens is 1. The standard InChI is InChI=1S/C76H114N12O16S/c1-13-36-87(72(96)57(50(8)15-3)44-62(89)60-23-18-20-37-84(60)10)61(48(4)5)45-63(102-41-14-2)71-82-59(47-105-71)69(94)80-55(42-51(9)73(97)98)43-52-27-31-56(32-28-52)104-76(101)86(12)40-39-85(11)75(100)103-46-53-25-29-54(30-26-53)79-68(93)58(22-21-35-78-74(77)99)81-70(95)67(49(6)7)83-64(90)24-17-16-19-38-88-65(91)33-34-66(88)92/h25-34,47-51,55,57-58,60-61,63,67H,13-24,35-46H2,1-12H3,(H,79,93)(H,80,94)(H,81,95)(H,83,90)(H,97,98)(H3,77,78,99)/t50-,51-,55+,57-,58+,60+,61+,63+,67+/m0/s1. The largest absolute Gasteiger partial charge is 0.481 e. The molecule has 11 amide bonds. The summed E-state index contributed by atoms with van der Waals surface area (Å²) in [5.41, 5.74) is 7.03. The van der Waals surface area contributed by atoms with Crippen molar-refractivity contribution >= 4 is 88.3 Å². The fourth-order valence-corrected chi connectivity index (χ4v) is 13.4. The molecule has 5 rings (SSSR count). The number of Topliss-reactive ketones (excluding diaryl/α,β-unsaturated/α-hetero) is 1. The maximum absolute atomic E-state index is 14.9. The number of hydrogen-bond donors (Lipinski definition) is 7. The molecule has 580 valence electrons. The summed E-state index contributed by atoms with van der Waals surface area (Å²) in [6.07, 6.45) is 8.43. The molecule has 3 heterocycles. The third-order valence-corrected chi connectivity index (χ3v) is 20.1. The molecule has 1 saturated heterocycles. The van der Waals surface area contributed by atoms with Gasteiger partial charge in [0, 0.05) is 114 Å². The van der Waals surface area contributed by atoms with Crippen molar-refractivity contribution in [1.82, 2.24) is 50.8 Å². The lowest BCUT2D eigenvalue weighted by molar-refractivity contribution is -0.145. The zero-order chi connectivity index (χ0) is 77.4. The van der Waals surface area contributed by atoms with Crippen LogP contribution in [0.15, 0.2) is 66.1 Å². The van der Waals surface area contributed by atoms with Crippen LogP contribution in [-0.2, 0) is 60.9 Å². The Bertz CT molecular complexity index is 3390. The summed E-state index contributed by atoms with van der Waals surface area (Å²) in [5.74, 6) is -5.16. The number of thiazole rings is 1. The van der Waals surface area contributed by atoms with E-state index in [2.05, 4.69) is 59.2 Å². The number of carboxylic acid groups (broad SMARTS) is 1. The number of carboxylic acids is 1. The number of aliphatic carboxylic acids is 1. The Morgan fingerprint density at radius 1 is 0.762 bits per heavy atom. The molecular formula is C76H114N12O16S. The fraction of sp³-hybridized carbons (Fsp3) is 0.618. The van der Waals surface area contributed by atoms with Gasteiger partial charge in [0.25, 0.3) is 17.7 Å². The van der Waals surface area contributed by atoms with Crippen molar-refractivity contribution in [2.24, 2.45) is 35.3 Å². The maximum atomic E-state index is 14.9. The molecule has 0 unspecified atom stereocenters. The van der Waals surface area contributed by atoms with Crippen molar-refractivity contribution in [2.75, 3.05) is 72.3 Å². The first kappa shape index (κ1) is 86.8. The van der Waals surface area contributed by atoms with E-state index in [1.54, 1.807) is 74.7 Å². The molecule has 3 aromatic rings. The van der Waals surface area contributed by atoms with Crippen molar-refractivity contribution in [3.8, 4) is 5.75 Å². The minimum atomic E-state index is -1.09. The van der Waals surface area contributed by atoms with Crippen LogP contribution >= 0.6 is 11.3 Å². The molecule has 0 bridgehead atoms. The number of nitrogens with two attached hydrogens (primary N) is 1. The predicted octanol–water partition coefficient (Wildman–Crippen LogP) is 9.02. The number of carbonyl (C=O) groups excluding carboxylic acids is 11. The first-order chi connectivity index (χ1) is 49.9. The lowest BCUT2D eigenvalue weighted by Crippen LogP contribution is -2.54. The minimum Gasteiger partial charge on any atom is -0.481 e. The fourth-order valence-electron chi connectivity index (χ4n) is 12.6. The third kappa shape index (κ3) is 28.5. The Balaban J connectivity index is 1.12. The van der Waals surface area contributed by atoms with Gasteiger partial charge in [-0.3, -0.25) is 53.0 Å². The first-order valence-electron chi connectivity index (χ1n) is 37.0. The van der Waals surface area contributed by atoms with Gasteiger partial charge in [-0.15, -0.1) is 11.3 Å². The Morgan fingerprint density at radius 2 is 1.43 bits per heavy atom. The van der Waals surface area contributed by atoms with Crippen LogP contribution in [0.5, 0.6) is 5.75 Å². The van der Waals surface area contributed by atoms with Gasteiger partial charge < -0.3 is 66.3 Å². The van der Waals surface area contributed by atoms with Crippen molar-refractivity contribution in [1.29, 1.82) is 0 Å². The average molecular weight is 1480 g/mol. The number of nitrogens with one attached hydrogen (secondary N) is 5. The molecule has 1 fully saturated rings. The minimum absolute atomic E-state index is 0.0121. The quantitative estimate of drug-likeness (QED) is 0.0205. The number of imide groups is 1. The zero-order valence-corrected chi connectivity index (χ0v) is 64.2. The average Bonchev–Trinajstić information content (AvgIpc) is 1.58. The summed E-state index contributed by atoms with van der Waals surface area (Å²) in [5, 5.41) is 26.0. The number of hydrogen-bond acceptors (Lipinski definition) is 18. The van der Waals surface area contributed by atoms with Crippen LogP contribution < -0.4 is 37.1 Å². The smallest absolute Gasteiger partial charge is 0.415 e. The Hall–Kier alpha value is -8.83. The molecular weight excluding hydrogens is 1370 g/mol. The summed E-state index contributed by atoms with van der Waals surface area (Å²) < 4.78 is 17.7. The molecule has 0 aliphatic carbocycles. The van der Waals surface area contributed by atoms with Gasteiger partial charge >= 0.3 is 24.2 Å². The molecule has 1 aromatic heterocycles. The molecule has 0 spiro atoms. The molecule has 29 heteroatoms. The second kappa shape index (κ2) is 44.2. The number of likely N-dealkylation sites (tertiary alicyclic amines) is 1. The summed E-state index contributed by atoms with van der Waals surface area (Å²) in [6, 6.07) is 9.13. The van der Waals surface area contributed by atoms with E-state index in [1.807, 2.05) is 25.8 Å². The van der Waals surface area contributed by atoms with Gasteiger partial charge in [0.15, 0.2) is 5.78 Å². The van der Waals surface area contributed by atoms with Crippen LogP contribution in [0.2, 0.25) is 0 Å². The number of likely N-dealkylation sites (N-methyl/N-ethyl adjacent to an activating group) is 3. The molecule has 2 aliphatic heterocycles. The van der Waals surface area contributed by atoms with Gasteiger partial charge in [-0.05, 0) is 131 Å².